The Kier molecular flexibility index (Phi) is 9.44. The summed E-state index contributed by atoms with van der Waals surface area (Å²) in [6, 6.07) is -0.957. The van der Waals surface area contributed by atoms with Gasteiger partial charge in [0.2, 0.25) is 11.8 Å². The van der Waals surface area contributed by atoms with Gasteiger partial charge in [-0.25, -0.2) is 4.79 Å². The predicted molar refractivity (Wildman–Crippen MR) is 91.0 cm³/mol. The molecule has 2 unspecified atom stereocenters. The summed E-state index contributed by atoms with van der Waals surface area (Å²) in [5.74, 6) is -1.91. The van der Waals surface area contributed by atoms with Crippen LogP contribution in [0.2, 0.25) is 0 Å². The Morgan fingerprint density at radius 1 is 1.24 bits per heavy atom. The van der Waals surface area contributed by atoms with Crippen LogP contribution in [0.4, 0.5) is 0 Å². The highest BCUT2D eigenvalue weighted by molar-refractivity contribution is 5.89. The van der Waals surface area contributed by atoms with Gasteiger partial charge >= 0.3 is 5.97 Å². The van der Waals surface area contributed by atoms with E-state index in [1.165, 1.54) is 0 Å². The number of amides is 2. The fourth-order valence-electron chi connectivity index (χ4n) is 2.52. The van der Waals surface area contributed by atoms with Crippen LogP contribution >= 0.6 is 0 Å². The maximum atomic E-state index is 11.9. The number of hydrogen-bond acceptors (Lipinski definition) is 5. The second kappa shape index (κ2) is 11.0. The van der Waals surface area contributed by atoms with Crippen molar-refractivity contribution >= 4 is 17.8 Å². The van der Waals surface area contributed by atoms with Gasteiger partial charge < -0.3 is 25.2 Å². The van der Waals surface area contributed by atoms with E-state index in [4.69, 9.17) is 14.6 Å². The molecule has 0 radical (unpaired) electrons. The number of carbonyl (C=O) groups is 3. The minimum Gasteiger partial charge on any atom is -0.480 e. The molecule has 0 aliphatic carbocycles. The van der Waals surface area contributed by atoms with E-state index >= 15 is 0 Å². The highest BCUT2D eigenvalue weighted by Crippen LogP contribution is 2.13. The van der Waals surface area contributed by atoms with E-state index in [9.17, 15) is 14.4 Å². The summed E-state index contributed by atoms with van der Waals surface area (Å²) < 4.78 is 11.0. The third kappa shape index (κ3) is 8.83. The molecule has 2 amide bonds. The van der Waals surface area contributed by atoms with Crippen molar-refractivity contribution in [3.05, 3.63) is 0 Å². The van der Waals surface area contributed by atoms with Gasteiger partial charge in [-0.1, -0.05) is 13.8 Å². The topological polar surface area (TPSA) is 114 Å². The fourth-order valence-corrected chi connectivity index (χ4v) is 2.52. The van der Waals surface area contributed by atoms with Crippen LogP contribution in [0.25, 0.3) is 0 Å². The van der Waals surface area contributed by atoms with E-state index in [0.717, 1.165) is 25.9 Å². The lowest BCUT2D eigenvalue weighted by Gasteiger charge is -2.24. The molecule has 3 N–H and O–H groups in total. The molecule has 1 aliphatic rings. The van der Waals surface area contributed by atoms with Gasteiger partial charge in [0.1, 0.15) is 12.1 Å². The second-order valence-corrected chi connectivity index (χ2v) is 6.77. The van der Waals surface area contributed by atoms with Gasteiger partial charge in [-0.2, -0.15) is 0 Å². The summed E-state index contributed by atoms with van der Waals surface area (Å²) in [6.07, 6.45) is 2.70. The molecule has 1 saturated heterocycles. The summed E-state index contributed by atoms with van der Waals surface area (Å²) in [4.78, 5) is 34.9. The number of carboxylic acid groups (broad SMARTS) is 1. The minimum atomic E-state index is -1.09. The van der Waals surface area contributed by atoms with Gasteiger partial charge in [0.15, 0.2) is 0 Å². The van der Waals surface area contributed by atoms with Crippen LogP contribution in [0, 0.1) is 5.92 Å². The number of aliphatic carboxylic acids is 1. The van der Waals surface area contributed by atoms with Crippen molar-refractivity contribution in [2.45, 2.75) is 64.7 Å². The number of nitrogens with one attached hydrogen (secondary N) is 2. The highest BCUT2D eigenvalue weighted by Gasteiger charge is 2.22. The Bertz CT molecular complexity index is 448. The van der Waals surface area contributed by atoms with Crippen molar-refractivity contribution in [1.29, 1.82) is 0 Å². The van der Waals surface area contributed by atoms with Crippen LogP contribution in [0.5, 0.6) is 0 Å². The zero-order valence-corrected chi connectivity index (χ0v) is 15.2. The van der Waals surface area contributed by atoms with Crippen molar-refractivity contribution in [3.63, 3.8) is 0 Å². The van der Waals surface area contributed by atoms with Crippen molar-refractivity contribution in [3.8, 4) is 0 Å². The van der Waals surface area contributed by atoms with Crippen molar-refractivity contribution in [1.82, 2.24) is 10.6 Å². The van der Waals surface area contributed by atoms with Crippen LogP contribution in [-0.2, 0) is 23.9 Å². The standard InChI is InChI=1S/C17H30N2O6/c1-11(2)8-14(17(22)23)19-15(20)9-18-16(21)12(3)25-10-13-6-4-5-7-24-13/h11-14H,4-10H2,1-3H3,(H,18,21)(H,19,20)(H,22,23)/t12?,13?,14-/m0/s1. The fraction of sp³-hybridized carbons (Fsp3) is 0.824. The lowest BCUT2D eigenvalue weighted by Crippen LogP contribution is -2.47. The van der Waals surface area contributed by atoms with Gasteiger partial charge in [0.25, 0.3) is 0 Å². The van der Waals surface area contributed by atoms with Gasteiger partial charge in [0.05, 0.1) is 19.3 Å². The van der Waals surface area contributed by atoms with Crippen LogP contribution in [-0.4, -0.2) is 60.9 Å². The summed E-state index contributed by atoms with van der Waals surface area (Å²) in [5.41, 5.74) is 0. The first-order valence-electron chi connectivity index (χ1n) is 8.82. The van der Waals surface area contributed by atoms with E-state index in [1.54, 1.807) is 6.92 Å². The van der Waals surface area contributed by atoms with Gasteiger partial charge in [0, 0.05) is 6.61 Å². The van der Waals surface area contributed by atoms with E-state index in [-0.39, 0.29) is 18.6 Å². The molecule has 8 nitrogen and oxygen atoms in total. The summed E-state index contributed by atoms with van der Waals surface area (Å²) in [5, 5.41) is 14.0. The van der Waals surface area contributed by atoms with Gasteiger partial charge in [-0.15, -0.1) is 0 Å². The first kappa shape index (κ1) is 21.4. The first-order chi connectivity index (χ1) is 11.8. The van der Waals surface area contributed by atoms with Gasteiger partial charge in [-0.3, -0.25) is 9.59 Å². The largest absolute Gasteiger partial charge is 0.480 e. The zero-order chi connectivity index (χ0) is 18.8. The zero-order valence-electron chi connectivity index (χ0n) is 15.2. The summed E-state index contributed by atoms with van der Waals surface area (Å²) >= 11 is 0. The van der Waals surface area contributed by atoms with E-state index in [2.05, 4.69) is 10.6 Å². The predicted octanol–water partition coefficient (Wildman–Crippen LogP) is 0.692. The number of carboxylic acids is 1. The molecule has 0 aromatic carbocycles. The quantitative estimate of drug-likeness (QED) is 0.529. The first-order valence-corrected chi connectivity index (χ1v) is 8.82. The van der Waals surface area contributed by atoms with Crippen molar-refractivity contribution < 1.29 is 29.0 Å². The molecule has 0 saturated carbocycles. The van der Waals surface area contributed by atoms with Crippen LogP contribution in [0.15, 0.2) is 0 Å². The second-order valence-electron chi connectivity index (χ2n) is 6.77. The van der Waals surface area contributed by atoms with E-state index in [0.29, 0.717) is 13.0 Å². The average Bonchev–Trinajstić information content (AvgIpc) is 2.57. The molecule has 3 atom stereocenters. The Morgan fingerprint density at radius 2 is 1.96 bits per heavy atom. The molecular formula is C17H30N2O6. The third-order valence-corrected chi connectivity index (χ3v) is 3.94. The number of rotatable bonds is 10. The van der Waals surface area contributed by atoms with Gasteiger partial charge in [-0.05, 0) is 38.5 Å². The van der Waals surface area contributed by atoms with Crippen molar-refractivity contribution in [2.75, 3.05) is 19.8 Å². The molecule has 0 bridgehead atoms. The average molecular weight is 358 g/mol. The SMILES string of the molecule is CC(C)C[C@H](NC(=O)CNC(=O)C(C)OCC1CCCCO1)C(=O)O. The lowest BCUT2D eigenvalue weighted by atomic mass is 10.0. The Morgan fingerprint density at radius 3 is 2.52 bits per heavy atom. The normalized spacial score (nSPS) is 19.9. The summed E-state index contributed by atoms with van der Waals surface area (Å²) in [7, 11) is 0. The van der Waals surface area contributed by atoms with Crippen molar-refractivity contribution in [2.24, 2.45) is 5.92 Å². The Balaban J connectivity index is 2.28. The molecule has 1 rings (SSSR count). The van der Waals surface area contributed by atoms with Crippen LogP contribution in [0.3, 0.4) is 0 Å². The van der Waals surface area contributed by atoms with Crippen LogP contribution < -0.4 is 10.6 Å². The number of ether oxygens (including phenoxy) is 2. The monoisotopic (exact) mass is 358 g/mol. The molecule has 1 fully saturated rings. The maximum Gasteiger partial charge on any atom is 0.326 e. The molecular weight excluding hydrogens is 328 g/mol. The smallest absolute Gasteiger partial charge is 0.326 e. The minimum absolute atomic E-state index is 0.0136. The number of hydrogen-bond donors (Lipinski definition) is 3. The number of carbonyl (C=O) groups excluding carboxylic acids is 2. The van der Waals surface area contributed by atoms with E-state index < -0.39 is 29.9 Å². The molecule has 25 heavy (non-hydrogen) atoms. The third-order valence-electron chi connectivity index (χ3n) is 3.94. The van der Waals surface area contributed by atoms with E-state index in [1.807, 2.05) is 13.8 Å². The summed E-state index contributed by atoms with van der Waals surface area (Å²) in [6.45, 7) is 6.13. The molecule has 8 heteroatoms. The molecule has 144 valence electrons. The molecule has 0 aromatic rings. The Labute approximate surface area is 148 Å². The Hall–Kier alpha value is -1.67. The molecule has 1 aliphatic heterocycles. The highest BCUT2D eigenvalue weighted by atomic mass is 16.5. The molecule has 0 aromatic heterocycles. The molecule has 1 heterocycles. The maximum absolute atomic E-state index is 11.9. The molecule has 0 spiro atoms. The van der Waals surface area contributed by atoms with Crippen LogP contribution in [0.1, 0.15) is 46.5 Å². The lowest BCUT2D eigenvalue weighted by molar-refractivity contribution is -0.142.